The number of nitrogens with zero attached hydrogens (tertiary/aromatic N) is 2. The molecule has 0 bridgehead atoms. The summed E-state index contributed by atoms with van der Waals surface area (Å²) in [6, 6.07) is 16.4. The molecule has 0 saturated carbocycles. The van der Waals surface area contributed by atoms with Crippen molar-refractivity contribution in [3.05, 3.63) is 59.7 Å². The number of carbonyl (C=O) groups excluding carboxylic acids is 1. The number of fused-ring (bicyclic) bond motifs is 1. The average Bonchev–Trinajstić information content (AvgIpc) is 3.05. The summed E-state index contributed by atoms with van der Waals surface area (Å²) in [4.78, 5) is 16.6. The Balaban J connectivity index is 0.000000283. The fraction of sp³-hybridized carbons (Fsp3) is 0.409. The molecule has 26 heavy (non-hydrogen) atoms. The zero-order valence-electron chi connectivity index (χ0n) is 15.4. The second kappa shape index (κ2) is 7.50. The van der Waals surface area contributed by atoms with Crippen molar-refractivity contribution in [2.24, 2.45) is 0 Å². The summed E-state index contributed by atoms with van der Waals surface area (Å²) in [5.74, 6) is 1.72. The predicted molar refractivity (Wildman–Crippen MR) is 103 cm³/mol. The minimum absolute atomic E-state index is 0.120. The van der Waals surface area contributed by atoms with E-state index in [1.807, 2.05) is 60.4 Å². The molecule has 2 unspecified atom stereocenters. The molecule has 5 rings (SSSR count). The van der Waals surface area contributed by atoms with Gasteiger partial charge in [-0.15, -0.1) is 0 Å². The van der Waals surface area contributed by atoms with Crippen LogP contribution in [-0.2, 0) is 0 Å². The molecule has 3 aliphatic heterocycles. The normalized spacial score (nSPS) is 22.6. The van der Waals surface area contributed by atoms with Crippen molar-refractivity contribution in [1.29, 1.82) is 0 Å². The molecule has 0 aromatic heterocycles. The topological polar surface area (TPSA) is 32.6 Å². The SMILES string of the molecule is C1CN2CC12.Cc1ccccc1Oc1ccc(C(=O)N2CCCC2)cc1. The van der Waals surface area contributed by atoms with Gasteiger partial charge in [0.15, 0.2) is 0 Å². The minimum atomic E-state index is 0.120. The number of amides is 1. The van der Waals surface area contributed by atoms with E-state index in [0.717, 1.165) is 54.6 Å². The van der Waals surface area contributed by atoms with Crippen LogP contribution in [0.5, 0.6) is 11.5 Å². The molecule has 1 amide bonds. The molecule has 4 nitrogen and oxygen atoms in total. The van der Waals surface area contributed by atoms with Gasteiger partial charge in [-0.3, -0.25) is 9.69 Å². The number of aryl methyl sites for hydroxylation is 1. The van der Waals surface area contributed by atoms with Crippen LogP contribution in [0.4, 0.5) is 0 Å². The third-order valence-electron chi connectivity index (χ3n) is 5.39. The molecule has 3 fully saturated rings. The van der Waals surface area contributed by atoms with Crippen LogP contribution < -0.4 is 4.74 Å². The Bertz CT molecular complexity index is 754. The van der Waals surface area contributed by atoms with Crippen molar-refractivity contribution >= 4 is 5.91 Å². The van der Waals surface area contributed by atoms with Crippen molar-refractivity contribution in [2.45, 2.75) is 32.2 Å². The highest BCUT2D eigenvalue weighted by molar-refractivity contribution is 5.94. The molecule has 2 atom stereocenters. The number of likely N-dealkylation sites (tertiary alicyclic amines) is 1. The van der Waals surface area contributed by atoms with Crippen LogP contribution in [0.2, 0.25) is 0 Å². The highest BCUT2D eigenvalue weighted by atomic mass is 16.5. The molecule has 2 aromatic carbocycles. The number of ether oxygens (including phenoxy) is 1. The van der Waals surface area contributed by atoms with Crippen LogP contribution in [0.25, 0.3) is 0 Å². The number of hydrogen-bond acceptors (Lipinski definition) is 3. The number of para-hydroxylation sites is 1. The number of hydrogen-bond donors (Lipinski definition) is 0. The molecular weight excluding hydrogens is 324 g/mol. The van der Waals surface area contributed by atoms with Crippen LogP contribution in [0.15, 0.2) is 48.5 Å². The van der Waals surface area contributed by atoms with Crippen molar-refractivity contribution in [3.63, 3.8) is 0 Å². The van der Waals surface area contributed by atoms with E-state index in [-0.39, 0.29) is 5.91 Å². The predicted octanol–water partition coefficient (Wildman–Crippen LogP) is 4.10. The van der Waals surface area contributed by atoms with E-state index in [4.69, 9.17) is 4.74 Å². The molecule has 2 aromatic rings. The molecule has 0 radical (unpaired) electrons. The van der Waals surface area contributed by atoms with Crippen molar-refractivity contribution in [1.82, 2.24) is 9.80 Å². The third kappa shape index (κ3) is 3.91. The van der Waals surface area contributed by atoms with Crippen LogP contribution >= 0.6 is 0 Å². The summed E-state index contributed by atoms with van der Waals surface area (Å²) in [5, 5.41) is 0. The van der Waals surface area contributed by atoms with Crippen molar-refractivity contribution in [3.8, 4) is 11.5 Å². The van der Waals surface area contributed by atoms with Crippen LogP contribution in [0.1, 0.15) is 35.2 Å². The Morgan fingerprint density at radius 1 is 1.00 bits per heavy atom. The maximum absolute atomic E-state index is 12.3. The first-order chi connectivity index (χ1) is 12.7. The van der Waals surface area contributed by atoms with Gasteiger partial charge in [-0.2, -0.15) is 0 Å². The zero-order valence-corrected chi connectivity index (χ0v) is 15.4. The number of benzene rings is 2. The van der Waals surface area contributed by atoms with Crippen molar-refractivity contribution in [2.75, 3.05) is 26.2 Å². The summed E-state index contributed by atoms with van der Waals surface area (Å²) in [5.41, 5.74) is 1.82. The van der Waals surface area contributed by atoms with E-state index in [9.17, 15) is 4.79 Å². The highest BCUT2D eigenvalue weighted by Gasteiger charge is 2.41. The van der Waals surface area contributed by atoms with E-state index in [2.05, 4.69) is 4.90 Å². The molecule has 3 saturated heterocycles. The lowest BCUT2D eigenvalue weighted by Gasteiger charge is -2.15. The van der Waals surface area contributed by atoms with E-state index in [1.54, 1.807) is 0 Å². The van der Waals surface area contributed by atoms with Gasteiger partial charge in [0.2, 0.25) is 0 Å². The summed E-state index contributed by atoms with van der Waals surface area (Å²) in [6.45, 7) is 6.58. The molecule has 0 spiro atoms. The van der Waals surface area contributed by atoms with Gasteiger partial charge >= 0.3 is 0 Å². The first-order valence-corrected chi connectivity index (χ1v) is 9.57. The van der Waals surface area contributed by atoms with Gasteiger partial charge in [0.1, 0.15) is 11.5 Å². The zero-order chi connectivity index (χ0) is 17.9. The molecular formula is C22H26N2O2. The largest absolute Gasteiger partial charge is 0.457 e. The number of rotatable bonds is 3. The summed E-state index contributed by atoms with van der Waals surface area (Å²) in [7, 11) is 0. The smallest absolute Gasteiger partial charge is 0.253 e. The van der Waals surface area contributed by atoms with E-state index < -0.39 is 0 Å². The minimum Gasteiger partial charge on any atom is -0.457 e. The lowest BCUT2D eigenvalue weighted by molar-refractivity contribution is 0.0793. The third-order valence-corrected chi connectivity index (χ3v) is 5.39. The van der Waals surface area contributed by atoms with Gasteiger partial charge in [0.25, 0.3) is 5.91 Å². The Kier molecular flexibility index (Phi) is 4.93. The van der Waals surface area contributed by atoms with Gasteiger partial charge in [0.05, 0.1) is 0 Å². The summed E-state index contributed by atoms with van der Waals surface area (Å²) < 4.78 is 5.84. The van der Waals surface area contributed by atoms with Gasteiger partial charge < -0.3 is 9.64 Å². The maximum Gasteiger partial charge on any atom is 0.253 e. The molecule has 3 aliphatic rings. The van der Waals surface area contributed by atoms with Gasteiger partial charge in [-0.05, 0) is 62.1 Å². The molecule has 0 N–H and O–H groups in total. The van der Waals surface area contributed by atoms with E-state index >= 15 is 0 Å². The van der Waals surface area contributed by atoms with Gasteiger partial charge in [-0.1, -0.05) is 18.2 Å². The average molecular weight is 350 g/mol. The standard InChI is InChI=1S/C18H19NO2.C4H7N/c1-14-6-2-3-7-17(14)21-16-10-8-15(9-11-16)18(20)19-12-4-5-13-19;1-2-5-3-4(1)5/h2-3,6-11H,4-5,12-13H2,1H3;4H,1-3H2. The van der Waals surface area contributed by atoms with Gasteiger partial charge in [0, 0.05) is 37.8 Å². The summed E-state index contributed by atoms with van der Waals surface area (Å²) >= 11 is 0. The lowest BCUT2D eigenvalue weighted by Crippen LogP contribution is -2.27. The lowest BCUT2D eigenvalue weighted by atomic mass is 10.2. The second-order valence-corrected chi connectivity index (χ2v) is 7.33. The van der Waals surface area contributed by atoms with Crippen molar-refractivity contribution < 1.29 is 9.53 Å². The summed E-state index contributed by atoms with van der Waals surface area (Å²) in [6.07, 6.45) is 3.71. The Morgan fingerprint density at radius 3 is 2.23 bits per heavy atom. The molecule has 136 valence electrons. The monoisotopic (exact) mass is 350 g/mol. The van der Waals surface area contributed by atoms with Crippen LogP contribution in [-0.4, -0.2) is 47.9 Å². The van der Waals surface area contributed by atoms with E-state index in [0.29, 0.717) is 0 Å². The molecule has 3 heterocycles. The Hall–Kier alpha value is -2.33. The first kappa shape index (κ1) is 17.1. The molecule has 0 aliphatic carbocycles. The molecule has 4 heteroatoms. The fourth-order valence-electron chi connectivity index (χ4n) is 3.47. The number of carbonyl (C=O) groups is 1. The van der Waals surface area contributed by atoms with Crippen LogP contribution in [0, 0.1) is 6.92 Å². The van der Waals surface area contributed by atoms with E-state index in [1.165, 1.54) is 19.5 Å². The fourth-order valence-corrected chi connectivity index (χ4v) is 3.47. The van der Waals surface area contributed by atoms with Gasteiger partial charge in [-0.25, -0.2) is 0 Å². The first-order valence-electron chi connectivity index (χ1n) is 9.57. The second-order valence-electron chi connectivity index (χ2n) is 7.33. The van der Waals surface area contributed by atoms with Crippen LogP contribution in [0.3, 0.4) is 0 Å². The maximum atomic E-state index is 12.3. The highest BCUT2D eigenvalue weighted by Crippen LogP contribution is 2.30. The quantitative estimate of drug-likeness (QED) is 0.782. The Labute approximate surface area is 155 Å². The Morgan fingerprint density at radius 2 is 1.69 bits per heavy atom.